The summed E-state index contributed by atoms with van der Waals surface area (Å²) in [5, 5.41) is 0.598. The van der Waals surface area contributed by atoms with Crippen LogP contribution in [0.1, 0.15) is 20.3 Å². The van der Waals surface area contributed by atoms with Gasteiger partial charge in [-0.15, -0.1) is 0 Å². The highest BCUT2D eigenvalue weighted by atomic mass is 35.5. The van der Waals surface area contributed by atoms with Crippen LogP contribution in [0.15, 0.2) is 24.3 Å². The minimum atomic E-state index is -0.418. The van der Waals surface area contributed by atoms with E-state index in [2.05, 4.69) is 29.6 Å². The van der Waals surface area contributed by atoms with E-state index in [0.717, 1.165) is 13.1 Å². The van der Waals surface area contributed by atoms with E-state index in [-0.39, 0.29) is 19.1 Å². The van der Waals surface area contributed by atoms with Crippen molar-refractivity contribution in [3.8, 4) is 5.75 Å². The molecule has 2 rings (SSSR count). The third-order valence-electron chi connectivity index (χ3n) is 3.84. The Morgan fingerprint density at radius 1 is 1.12 bits per heavy atom. The Bertz CT molecular complexity index is 555. The molecule has 132 valence electrons. The number of hydrazine groups is 1. The van der Waals surface area contributed by atoms with Crippen LogP contribution in [0.3, 0.4) is 0 Å². The number of amides is 2. The maximum absolute atomic E-state index is 11.9. The molecule has 7 heteroatoms. The Balaban J connectivity index is 1.65. The molecule has 1 fully saturated rings. The molecule has 1 aromatic rings. The number of hydrogen-bond acceptors (Lipinski definition) is 4. The van der Waals surface area contributed by atoms with Crippen molar-refractivity contribution < 1.29 is 14.3 Å². The molecule has 1 saturated heterocycles. The van der Waals surface area contributed by atoms with Crippen LogP contribution in [0.4, 0.5) is 0 Å². The number of hydrogen-bond donors (Lipinski definition) is 2. The molecular formula is C17H24ClN3O3. The van der Waals surface area contributed by atoms with Crippen molar-refractivity contribution in [3.63, 3.8) is 0 Å². The molecule has 1 heterocycles. The molecule has 2 atom stereocenters. The van der Waals surface area contributed by atoms with Gasteiger partial charge in [-0.25, -0.2) is 0 Å². The lowest BCUT2D eigenvalue weighted by Crippen LogP contribution is -2.50. The van der Waals surface area contributed by atoms with Crippen molar-refractivity contribution in [2.24, 2.45) is 11.8 Å². The van der Waals surface area contributed by atoms with E-state index in [9.17, 15) is 9.59 Å². The van der Waals surface area contributed by atoms with Crippen LogP contribution in [0.5, 0.6) is 5.75 Å². The summed E-state index contributed by atoms with van der Waals surface area (Å²) < 4.78 is 5.30. The highest BCUT2D eigenvalue weighted by Gasteiger charge is 2.23. The van der Waals surface area contributed by atoms with E-state index >= 15 is 0 Å². The van der Waals surface area contributed by atoms with Crippen LogP contribution in [0.2, 0.25) is 5.02 Å². The van der Waals surface area contributed by atoms with Gasteiger partial charge in [-0.1, -0.05) is 25.4 Å². The monoisotopic (exact) mass is 353 g/mol. The number of nitrogens with one attached hydrogen (secondary N) is 2. The van der Waals surface area contributed by atoms with Crippen LogP contribution in [-0.2, 0) is 9.59 Å². The molecule has 1 aliphatic heterocycles. The number of piperidine rings is 1. The van der Waals surface area contributed by atoms with E-state index in [4.69, 9.17) is 16.3 Å². The van der Waals surface area contributed by atoms with E-state index in [1.807, 2.05) is 0 Å². The maximum atomic E-state index is 11.9. The lowest BCUT2D eigenvalue weighted by molar-refractivity contribution is -0.130. The van der Waals surface area contributed by atoms with Gasteiger partial charge in [0.2, 0.25) is 0 Å². The van der Waals surface area contributed by atoms with E-state index in [1.54, 1.807) is 24.3 Å². The molecule has 24 heavy (non-hydrogen) atoms. The van der Waals surface area contributed by atoms with E-state index in [1.165, 1.54) is 6.42 Å². The first-order valence-corrected chi connectivity index (χ1v) is 8.48. The maximum Gasteiger partial charge on any atom is 0.276 e. The largest absolute Gasteiger partial charge is 0.484 e. The fraction of sp³-hybridized carbons (Fsp3) is 0.529. The van der Waals surface area contributed by atoms with Crippen LogP contribution < -0.4 is 15.6 Å². The molecule has 0 unspecified atom stereocenters. The van der Waals surface area contributed by atoms with Crippen LogP contribution in [0.25, 0.3) is 0 Å². The molecule has 0 radical (unpaired) electrons. The summed E-state index contributed by atoms with van der Waals surface area (Å²) in [4.78, 5) is 25.7. The zero-order valence-corrected chi connectivity index (χ0v) is 14.8. The van der Waals surface area contributed by atoms with Crippen LogP contribution in [-0.4, -0.2) is 43.0 Å². The smallest absolute Gasteiger partial charge is 0.276 e. The molecule has 0 aliphatic carbocycles. The Morgan fingerprint density at radius 2 is 1.71 bits per heavy atom. The summed E-state index contributed by atoms with van der Waals surface area (Å²) in [7, 11) is 0. The Hall–Kier alpha value is -1.79. The molecule has 6 nitrogen and oxygen atoms in total. The van der Waals surface area contributed by atoms with Gasteiger partial charge in [0, 0.05) is 18.1 Å². The van der Waals surface area contributed by atoms with Gasteiger partial charge in [0.15, 0.2) is 6.61 Å². The molecule has 1 aliphatic rings. The van der Waals surface area contributed by atoms with Gasteiger partial charge in [0.05, 0.1) is 6.54 Å². The SMILES string of the molecule is C[C@@H]1C[C@H](C)CN(CC(=O)NNC(=O)COc2ccc(Cl)cc2)C1. The second-order valence-corrected chi connectivity index (χ2v) is 6.92. The number of carbonyl (C=O) groups excluding carboxylic acids is 2. The van der Waals surface area contributed by atoms with Gasteiger partial charge in [0.25, 0.3) is 11.8 Å². The highest BCUT2D eigenvalue weighted by molar-refractivity contribution is 6.30. The summed E-state index contributed by atoms with van der Waals surface area (Å²) >= 11 is 5.77. The van der Waals surface area contributed by atoms with Gasteiger partial charge < -0.3 is 4.74 Å². The van der Waals surface area contributed by atoms with Gasteiger partial charge in [-0.05, 0) is 42.5 Å². The van der Waals surface area contributed by atoms with Gasteiger partial charge in [-0.2, -0.15) is 0 Å². The number of halogens is 1. The lowest BCUT2D eigenvalue weighted by atomic mass is 9.92. The first kappa shape index (κ1) is 18.5. The number of ether oxygens (including phenoxy) is 1. The van der Waals surface area contributed by atoms with Crippen molar-refractivity contribution in [1.82, 2.24) is 15.8 Å². The average Bonchev–Trinajstić information content (AvgIpc) is 2.51. The second kappa shape index (κ2) is 8.89. The Labute approximate surface area is 147 Å². The van der Waals surface area contributed by atoms with E-state index < -0.39 is 5.91 Å². The third-order valence-corrected chi connectivity index (χ3v) is 4.09. The summed E-state index contributed by atoms with van der Waals surface area (Å²) in [5.74, 6) is 1.07. The molecular weight excluding hydrogens is 330 g/mol. The van der Waals surface area contributed by atoms with Crippen molar-refractivity contribution in [2.75, 3.05) is 26.2 Å². The molecule has 0 spiro atoms. The standard InChI is InChI=1S/C17H24ClN3O3/c1-12-7-13(2)9-21(8-12)10-16(22)19-20-17(23)11-24-15-5-3-14(18)4-6-15/h3-6,12-13H,7-11H2,1-2H3,(H,19,22)(H,20,23)/t12-,13+. The number of carbonyl (C=O) groups is 2. The quantitative estimate of drug-likeness (QED) is 0.792. The van der Waals surface area contributed by atoms with Crippen molar-refractivity contribution >= 4 is 23.4 Å². The van der Waals surface area contributed by atoms with Gasteiger partial charge >= 0.3 is 0 Å². The fourth-order valence-corrected chi connectivity index (χ4v) is 3.14. The number of likely N-dealkylation sites (tertiary alicyclic amines) is 1. The summed E-state index contributed by atoms with van der Waals surface area (Å²) in [6.07, 6.45) is 1.19. The fourth-order valence-electron chi connectivity index (χ4n) is 3.02. The first-order valence-electron chi connectivity index (χ1n) is 8.10. The highest BCUT2D eigenvalue weighted by Crippen LogP contribution is 2.20. The molecule has 0 saturated carbocycles. The van der Waals surface area contributed by atoms with Gasteiger partial charge in [-0.3, -0.25) is 25.3 Å². The molecule has 0 bridgehead atoms. The molecule has 1 aromatic carbocycles. The van der Waals surface area contributed by atoms with Gasteiger partial charge in [0.1, 0.15) is 5.75 Å². The molecule has 2 N–H and O–H groups in total. The first-order chi connectivity index (χ1) is 11.4. The molecule has 2 amide bonds. The minimum absolute atomic E-state index is 0.181. The predicted molar refractivity (Wildman–Crippen MR) is 92.6 cm³/mol. The topological polar surface area (TPSA) is 70.7 Å². The Kier molecular flexibility index (Phi) is 6.87. The normalized spacial score (nSPS) is 21.1. The lowest BCUT2D eigenvalue weighted by Gasteiger charge is -2.34. The predicted octanol–water partition coefficient (Wildman–Crippen LogP) is 1.84. The van der Waals surface area contributed by atoms with Crippen molar-refractivity contribution in [1.29, 1.82) is 0 Å². The summed E-state index contributed by atoms with van der Waals surface area (Å²) in [6.45, 7) is 6.30. The number of nitrogens with zero attached hydrogens (tertiary/aromatic N) is 1. The third kappa shape index (κ3) is 6.37. The van der Waals surface area contributed by atoms with Crippen LogP contribution >= 0.6 is 11.6 Å². The summed E-state index contributed by atoms with van der Waals surface area (Å²) in [6, 6.07) is 6.70. The average molecular weight is 354 g/mol. The zero-order chi connectivity index (χ0) is 17.5. The molecule has 0 aromatic heterocycles. The van der Waals surface area contributed by atoms with Crippen molar-refractivity contribution in [2.45, 2.75) is 20.3 Å². The second-order valence-electron chi connectivity index (χ2n) is 6.48. The number of benzene rings is 1. The van der Waals surface area contributed by atoms with E-state index in [0.29, 0.717) is 22.6 Å². The zero-order valence-electron chi connectivity index (χ0n) is 14.0. The van der Waals surface area contributed by atoms with Crippen LogP contribution in [0, 0.1) is 11.8 Å². The summed E-state index contributed by atoms with van der Waals surface area (Å²) in [5.41, 5.74) is 4.78. The van der Waals surface area contributed by atoms with Crippen molar-refractivity contribution in [3.05, 3.63) is 29.3 Å². The Morgan fingerprint density at radius 3 is 2.33 bits per heavy atom. The number of rotatable bonds is 5. The minimum Gasteiger partial charge on any atom is -0.484 e.